The molecule has 0 aliphatic heterocycles. The molecular formula is C8H7Cl2FO3S. The topological polar surface area (TPSA) is 54.4 Å². The van der Waals surface area contributed by atoms with Crippen LogP contribution in [-0.4, -0.2) is 19.3 Å². The second-order valence-electron chi connectivity index (χ2n) is 2.85. The zero-order valence-electron chi connectivity index (χ0n) is 7.37. The van der Waals surface area contributed by atoms with Crippen LogP contribution in [-0.2, 0) is 15.5 Å². The summed E-state index contributed by atoms with van der Waals surface area (Å²) in [7, 11) is 1.27. The van der Waals surface area contributed by atoms with E-state index in [9.17, 15) is 12.8 Å². The molecule has 84 valence electrons. The van der Waals surface area contributed by atoms with Gasteiger partial charge in [0.15, 0.2) is 11.6 Å². The molecule has 0 bridgehead atoms. The zero-order valence-corrected chi connectivity index (χ0v) is 9.70. The van der Waals surface area contributed by atoms with Crippen molar-refractivity contribution in [3.05, 3.63) is 28.5 Å². The first-order valence-electron chi connectivity index (χ1n) is 3.89. The van der Waals surface area contributed by atoms with Crippen molar-refractivity contribution in [2.24, 2.45) is 0 Å². The second-order valence-corrected chi connectivity index (χ2v) is 6.16. The van der Waals surface area contributed by atoms with Crippen LogP contribution in [0, 0.1) is 5.82 Å². The summed E-state index contributed by atoms with van der Waals surface area (Å²) >= 11 is 5.64. The van der Waals surface area contributed by atoms with Crippen molar-refractivity contribution < 1.29 is 17.9 Å². The fourth-order valence-corrected chi connectivity index (χ4v) is 1.96. The Morgan fingerprint density at radius 3 is 2.53 bits per heavy atom. The highest BCUT2D eigenvalue weighted by molar-refractivity contribution is 8.13. The average Bonchev–Trinajstić information content (AvgIpc) is 2.10. The van der Waals surface area contributed by atoms with Crippen LogP contribution in [0.4, 0.5) is 4.39 Å². The lowest BCUT2D eigenvalue weighted by Crippen LogP contribution is -2.03. The Morgan fingerprint density at radius 2 is 2.00 bits per heavy atom. The molecule has 0 aliphatic rings. The Kier molecular flexibility index (Phi) is 3.81. The maximum absolute atomic E-state index is 13.3. The Morgan fingerprint density at radius 1 is 1.40 bits per heavy atom. The largest absolute Gasteiger partial charge is 0.505 e. The molecule has 1 aromatic carbocycles. The lowest BCUT2D eigenvalue weighted by molar-refractivity contribution is 0.429. The molecule has 0 atom stereocenters. The van der Waals surface area contributed by atoms with Crippen molar-refractivity contribution in [3.8, 4) is 5.75 Å². The van der Waals surface area contributed by atoms with Gasteiger partial charge in [0.2, 0.25) is 9.05 Å². The van der Waals surface area contributed by atoms with Crippen molar-refractivity contribution in [3.63, 3.8) is 0 Å². The first-order valence-corrected chi connectivity index (χ1v) is 6.75. The molecule has 0 unspecified atom stereocenters. The van der Waals surface area contributed by atoms with Gasteiger partial charge < -0.3 is 5.11 Å². The Balaban J connectivity index is 2.99. The van der Waals surface area contributed by atoms with Crippen LogP contribution in [0.3, 0.4) is 0 Å². The maximum atomic E-state index is 13.3. The smallest absolute Gasteiger partial charge is 0.232 e. The van der Waals surface area contributed by atoms with E-state index in [0.717, 1.165) is 6.07 Å². The number of aromatic hydroxyl groups is 1. The minimum Gasteiger partial charge on any atom is -0.505 e. The highest BCUT2D eigenvalue weighted by atomic mass is 35.7. The normalized spacial score (nSPS) is 11.7. The SMILES string of the molecule is O=S(=O)(Cl)CCc1c(Cl)ccc(O)c1F. The van der Waals surface area contributed by atoms with Crippen molar-refractivity contribution in [1.82, 2.24) is 0 Å². The summed E-state index contributed by atoms with van der Waals surface area (Å²) in [5.41, 5.74) is -0.0547. The third-order valence-electron chi connectivity index (χ3n) is 1.76. The van der Waals surface area contributed by atoms with Crippen molar-refractivity contribution in [2.45, 2.75) is 6.42 Å². The van der Waals surface area contributed by atoms with Crippen LogP contribution < -0.4 is 0 Å². The van der Waals surface area contributed by atoms with Gasteiger partial charge in [-0.25, -0.2) is 12.8 Å². The van der Waals surface area contributed by atoms with Gasteiger partial charge in [0.1, 0.15) is 0 Å². The second kappa shape index (κ2) is 4.55. The van der Waals surface area contributed by atoms with Gasteiger partial charge in [0.25, 0.3) is 0 Å². The van der Waals surface area contributed by atoms with E-state index in [2.05, 4.69) is 0 Å². The molecule has 1 aromatic rings. The predicted octanol–water partition coefficient (Wildman–Crippen LogP) is 2.30. The van der Waals surface area contributed by atoms with Crippen LogP contribution in [0.25, 0.3) is 0 Å². The van der Waals surface area contributed by atoms with Crippen molar-refractivity contribution in [1.29, 1.82) is 0 Å². The third-order valence-corrected chi connectivity index (χ3v) is 3.27. The van der Waals surface area contributed by atoms with Crippen molar-refractivity contribution in [2.75, 3.05) is 5.75 Å². The number of phenolic OH excluding ortho intramolecular Hbond substituents is 1. The van der Waals surface area contributed by atoms with E-state index < -0.39 is 26.4 Å². The monoisotopic (exact) mass is 272 g/mol. The Hall–Kier alpha value is -0.520. The summed E-state index contributed by atoms with van der Waals surface area (Å²) in [5, 5.41) is 9.10. The van der Waals surface area contributed by atoms with E-state index in [0.29, 0.717) is 0 Å². The molecule has 0 saturated heterocycles. The molecule has 1 rings (SSSR count). The van der Waals surface area contributed by atoms with Crippen LogP contribution in [0.15, 0.2) is 12.1 Å². The number of benzene rings is 1. The minimum atomic E-state index is -3.70. The van der Waals surface area contributed by atoms with Gasteiger partial charge in [-0.15, -0.1) is 0 Å². The molecule has 0 saturated carbocycles. The first kappa shape index (κ1) is 12.5. The van der Waals surface area contributed by atoms with Gasteiger partial charge in [-0.05, 0) is 18.6 Å². The molecular weight excluding hydrogens is 266 g/mol. The molecule has 15 heavy (non-hydrogen) atoms. The van der Waals surface area contributed by atoms with E-state index in [-0.39, 0.29) is 17.0 Å². The Bertz CT molecular complexity index is 473. The standard InChI is InChI=1S/C8H7Cl2FO3S/c9-6-1-2-7(12)8(11)5(6)3-4-15(10,13)14/h1-2,12H,3-4H2. The molecule has 0 aromatic heterocycles. The van der Waals surface area contributed by atoms with Crippen molar-refractivity contribution >= 4 is 31.3 Å². The van der Waals surface area contributed by atoms with E-state index in [4.69, 9.17) is 27.4 Å². The quantitative estimate of drug-likeness (QED) is 0.860. The highest BCUT2D eigenvalue weighted by Crippen LogP contribution is 2.27. The molecule has 0 spiro atoms. The fourth-order valence-electron chi connectivity index (χ4n) is 1.04. The van der Waals surface area contributed by atoms with Crippen LogP contribution in [0.2, 0.25) is 5.02 Å². The van der Waals surface area contributed by atoms with Gasteiger partial charge in [-0.1, -0.05) is 11.6 Å². The van der Waals surface area contributed by atoms with Gasteiger partial charge in [-0.2, -0.15) is 0 Å². The molecule has 0 aliphatic carbocycles. The molecule has 0 heterocycles. The van der Waals surface area contributed by atoms with Crippen LogP contribution in [0.5, 0.6) is 5.75 Å². The minimum absolute atomic E-state index is 0.0547. The van der Waals surface area contributed by atoms with E-state index in [1.165, 1.54) is 6.07 Å². The van der Waals surface area contributed by atoms with Gasteiger partial charge >= 0.3 is 0 Å². The summed E-state index contributed by atoms with van der Waals surface area (Å²) in [6.45, 7) is 0. The first-order chi connectivity index (χ1) is 6.81. The van der Waals surface area contributed by atoms with Crippen LogP contribution in [0.1, 0.15) is 5.56 Å². The van der Waals surface area contributed by atoms with Crippen LogP contribution >= 0.6 is 22.3 Å². The summed E-state index contributed by atoms with van der Waals surface area (Å²) in [4.78, 5) is 0. The number of halogens is 3. The maximum Gasteiger partial charge on any atom is 0.232 e. The predicted molar refractivity (Wildman–Crippen MR) is 56.4 cm³/mol. The van der Waals surface area contributed by atoms with Gasteiger partial charge in [0, 0.05) is 21.3 Å². The van der Waals surface area contributed by atoms with E-state index in [1.54, 1.807) is 0 Å². The number of phenols is 1. The molecule has 3 nitrogen and oxygen atoms in total. The lowest BCUT2D eigenvalue weighted by Gasteiger charge is -2.05. The molecule has 0 radical (unpaired) electrons. The Labute approximate surface area is 95.9 Å². The molecule has 1 N–H and O–H groups in total. The summed E-state index contributed by atoms with van der Waals surface area (Å²) in [6, 6.07) is 2.38. The van der Waals surface area contributed by atoms with Gasteiger partial charge in [-0.3, -0.25) is 0 Å². The van der Waals surface area contributed by atoms with Gasteiger partial charge in [0.05, 0.1) is 5.75 Å². The third kappa shape index (κ3) is 3.52. The summed E-state index contributed by atoms with van der Waals surface area (Å²) in [5.74, 6) is -1.92. The van der Waals surface area contributed by atoms with E-state index >= 15 is 0 Å². The average molecular weight is 273 g/mol. The molecule has 0 amide bonds. The number of hydrogen-bond acceptors (Lipinski definition) is 3. The molecule has 7 heteroatoms. The summed E-state index contributed by atoms with van der Waals surface area (Å²) < 4.78 is 34.6. The highest BCUT2D eigenvalue weighted by Gasteiger charge is 2.14. The van der Waals surface area contributed by atoms with E-state index in [1.807, 2.05) is 0 Å². The lowest BCUT2D eigenvalue weighted by atomic mass is 10.1. The molecule has 0 fully saturated rings. The zero-order chi connectivity index (χ0) is 11.6. The fraction of sp³-hybridized carbons (Fsp3) is 0.250. The number of hydrogen-bond donors (Lipinski definition) is 1. The number of rotatable bonds is 3. The summed E-state index contributed by atoms with van der Waals surface area (Å²) in [6.07, 6.45) is -0.176.